The summed E-state index contributed by atoms with van der Waals surface area (Å²) in [6, 6.07) is 0. The summed E-state index contributed by atoms with van der Waals surface area (Å²) < 4.78 is 22.8. The number of hydrogen-bond donors (Lipinski definition) is 3. The first kappa shape index (κ1) is 28.0. The van der Waals surface area contributed by atoms with Crippen LogP contribution in [0, 0.1) is 17.3 Å². The van der Waals surface area contributed by atoms with E-state index in [4.69, 9.17) is 30.5 Å². The van der Waals surface area contributed by atoms with Crippen molar-refractivity contribution in [2.24, 2.45) is 17.3 Å². The lowest BCUT2D eigenvalue weighted by Crippen LogP contribution is -2.73. The molecule has 4 aliphatic rings. The molecule has 0 aromatic carbocycles. The highest BCUT2D eigenvalue weighted by Crippen LogP contribution is 2.62. The van der Waals surface area contributed by atoms with Crippen LogP contribution in [0.15, 0.2) is 24.3 Å². The van der Waals surface area contributed by atoms with Gasteiger partial charge in [-0.05, 0) is 25.8 Å². The number of hydrogen-bond acceptors (Lipinski definition) is 10. The highest BCUT2D eigenvalue weighted by atomic mass is 35.5. The van der Waals surface area contributed by atoms with Gasteiger partial charge in [0.05, 0.1) is 23.5 Å². The zero-order chi connectivity index (χ0) is 27.7. The monoisotopic (exact) mass is 542 g/mol. The predicted octanol–water partition coefficient (Wildman–Crippen LogP) is 1.17. The number of alkyl halides is 1. The molecule has 12 atom stereocenters. The normalized spacial score (nSPS) is 48.7. The van der Waals surface area contributed by atoms with Crippen molar-refractivity contribution < 1.29 is 48.7 Å². The van der Waals surface area contributed by atoms with Crippen molar-refractivity contribution in [1.29, 1.82) is 0 Å². The lowest BCUT2D eigenvalue weighted by Gasteiger charge is -2.56. The molecule has 37 heavy (non-hydrogen) atoms. The van der Waals surface area contributed by atoms with Crippen LogP contribution in [0.4, 0.5) is 0 Å². The minimum atomic E-state index is -2.25. The Hall–Kier alpha value is -1.98. The summed E-state index contributed by atoms with van der Waals surface area (Å²) in [5.74, 6) is -4.71. The molecule has 0 radical (unpaired) electrons. The molecule has 2 saturated heterocycles. The lowest BCUT2D eigenvalue weighted by atomic mass is 9.52. The molecule has 2 heterocycles. The van der Waals surface area contributed by atoms with Gasteiger partial charge in [0.2, 0.25) is 0 Å². The first-order valence-corrected chi connectivity index (χ1v) is 12.9. The molecule has 0 aromatic heterocycles. The third kappa shape index (κ3) is 4.12. The van der Waals surface area contributed by atoms with Crippen molar-refractivity contribution in [3.63, 3.8) is 0 Å². The van der Waals surface area contributed by atoms with Crippen LogP contribution in [0.25, 0.3) is 0 Å². The lowest BCUT2D eigenvalue weighted by molar-refractivity contribution is -0.257. The molecule has 11 heteroatoms. The van der Waals surface area contributed by atoms with Gasteiger partial charge in [0.15, 0.2) is 17.8 Å². The van der Waals surface area contributed by atoms with E-state index in [-0.39, 0.29) is 12.0 Å². The van der Waals surface area contributed by atoms with Gasteiger partial charge in [0.25, 0.3) is 0 Å². The van der Waals surface area contributed by atoms with E-state index in [2.05, 4.69) is 6.58 Å². The highest BCUT2D eigenvalue weighted by Gasteiger charge is 2.78. The molecule has 206 valence electrons. The summed E-state index contributed by atoms with van der Waals surface area (Å²) in [6.45, 7) is 11.3. The Morgan fingerprint density at radius 3 is 2.43 bits per heavy atom. The van der Waals surface area contributed by atoms with Crippen molar-refractivity contribution in [2.75, 3.05) is 0 Å². The minimum absolute atomic E-state index is 0.103. The van der Waals surface area contributed by atoms with Crippen LogP contribution in [0.1, 0.15) is 47.5 Å². The summed E-state index contributed by atoms with van der Waals surface area (Å²) in [5, 5.41) is 34.7. The Morgan fingerprint density at radius 1 is 1.19 bits per heavy atom. The number of aliphatic hydroxyl groups is 3. The molecule has 3 N–H and O–H groups in total. The quantitative estimate of drug-likeness (QED) is 0.204. The van der Waals surface area contributed by atoms with Gasteiger partial charge >= 0.3 is 17.9 Å². The molecule has 0 aromatic rings. The average molecular weight is 543 g/mol. The predicted molar refractivity (Wildman–Crippen MR) is 129 cm³/mol. The fourth-order valence-electron chi connectivity index (χ4n) is 6.52. The third-order valence-corrected chi connectivity index (χ3v) is 9.08. The van der Waals surface area contributed by atoms with Crippen LogP contribution >= 0.6 is 11.6 Å². The molecule has 12 unspecified atom stereocenters. The number of esters is 3. The van der Waals surface area contributed by atoms with Gasteiger partial charge in [0.1, 0.15) is 17.8 Å². The number of ether oxygens (including phenoxy) is 4. The van der Waals surface area contributed by atoms with Gasteiger partial charge in [-0.2, -0.15) is 0 Å². The van der Waals surface area contributed by atoms with Crippen LogP contribution in [-0.2, 0) is 33.3 Å². The summed E-state index contributed by atoms with van der Waals surface area (Å²) in [6.07, 6.45) is -3.54. The second-order valence-electron chi connectivity index (χ2n) is 11.0. The van der Waals surface area contributed by atoms with Crippen LogP contribution in [0.5, 0.6) is 0 Å². The molecule has 0 bridgehead atoms. The van der Waals surface area contributed by atoms with E-state index in [1.165, 1.54) is 26.0 Å². The summed E-state index contributed by atoms with van der Waals surface area (Å²) >= 11 is 6.62. The molecular formula is C26H35ClO10. The Kier molecular flexibility index (Phi) is 7.08. The highest BCUT2D eigenvalue weighted by molar-refractivity contribution is 6.23. The molecule has 3 fully saturated rings. The van der Waals surface area contributed by atoms with Gasteiger partial charge in [0, 0.05) is 24.7 Å². The van der Waals surface area contributed by atoms with Gasteiger partial charge in [-0.1, -0.05) is 32.6 Å². The smallest absolute Gasteiger partial charge is 0.312 e. The van der Waals surface area contributed by atoms with Gasteiger partial charge in [-0.25, -0.2) is 0 Å². The summed E-state index contributed by atoms with van der Waals surface area (Å²) in [5.41, 5.74) is -5.40. The van der Waals surface area contributed by atoms with Gasteiger partial charge in [-0.3, -0.25) is 14.4 Å². The maximum absolute atomic E-state index is 12.8. The molecule has 0 amide bonds. The van der Waals surface area contributed by atoms with Crippen LogP contribution in [0.3, 0.4) is 0 Å². The summed E-state index contributed by atoms with van der Waals surface area (Å²) in [7, 11) is 0. The van der Waals surface area contributed by atoms with E-state index >= 15 is 0 Å². The molecular weight excluding hydrogens is 508 g/mol. The van der Waals surface area contributed by atoms with Crippen LogP contribution in [-0.4, -0.2) is 86.4 Å². The number of fused-ring (bicyclic) bond motifs is 4. The van der Waals surface area contributed by atoms with Gasteiger partial charge in [-0.15, -0.1) is 11.6 Å². The maximum atomic E-state index is 12.8. The van der Waals surface area contributed by atoms with Crippen LogP contribution < -0.4 is 0 Å². The first-order chi connectivity index (χ1) is 17.1. The standard InChI is InChI=1S/C26H35ClO10/c1-7-8-15(30)35-21-17-20(36-17)24(5)14(29)10-9-11(2)16(27)19-26(33,12(3)23(31)37-19)22(34-13(4)28)18(24)25(21,6)32/h9-10,12,14,16-22,29,32-33H,2,7-8H2,1,3-6H3. The Morgan fingerprint density at radius 2 is 1.84 bits per heavy atom. The van der Waals surface area contributed by atoms with E-state index < -0.39 is 88.4 Å². The Labute approximate surface area is 220 Å². The molecule has 4 rings (SSSR count). The molecule has 0 spiro atoms. The molecule has 2 aliphatic carbocycles. The zero-order valence-electron chi connectivity index (χ0n) is 21.5. The van der Waals surface area contributed by atoms with Crippen molar-refractivity contribution in [3.8, 4) is 0 Å². The second-order valence-corrected chi connectivity index (χ2v) is 11.5. The number of halogens is 1. The second kappa shape index (κ2) is 9.34. The fourth-order valence-corrected chi connectivity index (χ4v) is 6.85. The Balaban J connectivity index is 1.96. The summed E-state index contributed by atoms with van der Waals surface area (Å²) in [4.78, 5) is 37.8. The fraction of sp³-hybridized carbons (Fsp3) is 0.731. The average Bonchev–Trinajstić information content (AvgIpc) is 3.57. The van der Waals surface area contributed by atoms with E-state index in [1.807, 2.05) is 0 Å². The number of carbonyl (C=O) groups excluding carboxylic acids is 3. The van der Waals surface area contributed by atoms with Crippen molar-refractivity contribution in [2.45, 2.75) is 101 Å². The van der Waals surface area contributed by atoms with E-state index in [0.29, 0.717) is 6.42 Å². The maximum Gasteiger partial charge on any atom is 0.312 e. The van der Waals surface area contributed by atoms with Crippen LogP contribution in [0.2, 0.25) is 0 Å². The van der Waals surface area contributed by atoms with Crippen molar-refractivity contribution >= 4 is 29.5 Å². The molecule has 1 saturated carbocycles. The number of rotatable bonds is 4. The number of carbonyl (C=O) groups is 3. The van der Waals surface area contributed by atoms with Crippen molar-refractivity contribution in [3.05, 3.63) is 24.3 Å². The zero-order valence-corrected chi connectivity index (χ0v) is 22.3. The third-order valence-electron chi connectivity index (χ3n) is 8.57. The Bertz CT molecular complexity index is 1020. The minimum Gasteiger partial charge on any atom is -0.459 e. The number of allylic oxidation sites excluding steroid dienone is 1. The van der Waals surface area contributed by atoms with Gasteiger partial charge < -0.3 is 34.3 Å². The topological polar surface area (TPSA) is 152 Å². The SMILES string of the molecule is C=C1C=CC(O)C2(C)C3OC3C(OC(=O)CCC)C(C)(O)C2C(OC(C)=O)C2(O)C(C)C(=O)OC2C1Cl. The van der Waals surface area contributed by atoms with E-state index in [1.54, 1.807) is 13.8 Å². The van der Waals surface area contributed by atoms with Crippen molar-refractivity contribution in [1.82, 2.24) is 0 Å². The molecule has 2 aliphatic heterocycles. The first-order valence-electron chi connectivity index (χ1n) is 12.5. The van der Waals surface area contributed by atoms with E-state index in [9.17, 15) is 29.7 Å². The van der Waals surface area contributed by atoms with E-state index in [0.717, 1.165) is 6.92 Å². The largest absolute Gasteiger partial charge is 0.459 e. The number of epoxide rings is 1. The number of aliphatic hydroxyl groups excluding tert-OH is 1. The molecule has 10 nitrogen and oxygen atoms in total.